The first-order valence-electron chi connectivity index (χ1n) is 6.53. The maximum absolute atomic E-state index is 11.8. The quantitative estimate of drug-likeness (QED) is 0.675. The predicted octanol–water partition coefficient (Wildman–Crippen LogP) is 3.57. The van der Waals surface area contributed by atoms with Crippen LogP contribution in [0.25, 0.3) is 0 Å². The van der Waals surface area contributed by atoms with Crippen LogP contribution in [0.4, 0.5) is 10.8 Å². The summed E-state index contributed by atoms with van der Waals surface area (Å²) in [5.74, 6) is -0.775. The Hall–Kier alpha value is -2.21. The molecule has 0 aliphatic carbocycles. The maximum atomic E-state index is 11.8. The van der Waals surface area contributed by atoms with Gasteiger partial charge in [-0.25, -0.2) is 9.78 Å². The summed E-state index contributed by atoms with van der Waals surface area (Å²) in [6.45, 7) is 5.36. The molecule has 21 heavy (non-hydrogen) atoms. The molecule has 0 radical (unpaired) electrons. The molecule has 0 spiro atoms. The lowest BCUT2D eigenvalue weighted by molar-refractivity contribution is 0.0517. The summed E-state index contributed by atoms with van der Waals surface area (Å²) in [4.78, 5) is 27.9. The standard InChI is InChI=1S/C15H16N2O3S/c1-4-20-14(19)12-13(10(3)18)21-15(17-12)16-11-7-5-9(2)6-8-11/h5-8H,4H2,1-3H3,(H,16,17). The Kier molecular flexibility index (Phi) is 4.70. The number of ether oxygens (including phenoxy) is 1. The first kappa shape index (κ1) is 15.2. The van der Waals surface area contributed by atoms with Crippen molar-refractivity contribution >= 4 is 33.9 Å². The van der Waals surface area contributed by atoms with Gasteiger partial charge in [0.2, 0.25) is 0 Å². The molecule has 6 heteroatoms. The molecule has 110 valence electrons. The molecule has 1 N–H and O–H groups in total. The summed E-state index contributed by atoms with van der Waals surface area (Å²) in [5, 5.41) is 3.58. The number of esters is 1. The van der Waals surface area contributed by atoms with Crippen LogP contribution in [0.3, 0.4) is 0 Å². The van der Waals surface area contributed by atoms with Gasteiger partial charge in [-0.3, -0.25) is 4.79 Å². The molecular weight excluding hydrogens is 288 g/mol. The molecule has 0 saturated carbocycles. The Balaban J connectivity index is 2.28. The molecule has 0 aliphatic heterocycles. The molecule has 0 unspecified atom stereocenters. The van der Waals surface area contributed by atoms with Crippen molar-refractivity contribution in [2.75, 3.05) is 11.9 Å². The second-order valence-corrected chi connectivity index (χ2v) is 5.46. The molecule has 0 aliphatic rings. The van der Waals surface area contributed by atoms with Crippen molar-refractivity contribution in [3.8, 4) is 0 Å². The van der Waals surface area contributed by atoms with E-state index in [0.717, 1.165) is 22.6 Å². The number of aromatic nitrogens is 1. The molecule has 0 atom stereocenters. The van der Waals surface area contributed by atoms with E-state index in [9.17, 15) is 9.59 Å². The molecule has 1 aromatic carbocycles. The Morgan fingerprint density at radius 2 is 1.95 bits per heavy atom. The highest BCUT2D eigenvalue weighted by Crippen LogP contribution is 2.27. The normalized spacial score (nSPS) is 10.2. The van der Waals surface area contributed by atoms with Gasteiger partial charge in [-0.15, -0.1) is 0 Å². The van der Waals surface area contributed by atoms with Crippen molar-refractivity contribution in [3.63, 3.8) is 0 Å². The van der Waals surface area contributed by atoms with Crippen molar-refractivity contribution in [1.29, 1.82) is 0 Å². The maximum Gasteiger partial charge on any atom is 0.358 e. The monoisotopic (exact) mass is 304 g/mol. The van der Waals surface area contributed by atoms with E-state index in [2.05, 4.69) is 10.3 Å². The lowest BCUT2D eigenvalue weighted by atomic mass is 10.2. The van der Waals surface area contributed by atoms with Gasteiger partial charge in [-0.05, 0) is 26.0 Å². The summed E-state index contributed by atoms with van der Waals surface area (Å²) in [7, 11) is 0. The molecule has 2 rings (SSSR count). The molecule has 2 aromatic rings. The van der Waals surface area contributed by atoms with Crippen LogP contribution in [0.5, 0.6) is 0 Å². The molecule has 0 fully saturated rings. The van der Waals surface area contributed by atoms with Crippen LogP contribution in [0.2, 0.25) is 0 Å². The van der Waals surface area contributed by atoms with Crippen molar-refractivity contribution in [2.45, 2.75) is 20.8 Å². The van der Waals surface area contributed by atoms with E-state index in [-0.39, 0.29) is 18.1 Å². The zero-order valence-electron chi connectivity index (χ0n) is 12.1. The van der Waals surface area contributed by atoms with Crippen LogP contribution < -0.4 is 5.32 Å². The molecule has 0 amide bonds. The van der Waals surface area contributed by atoms with Crippen LogP contribution >= 0.6 is 11.3 Å². The fraction of sp³-hybridized carbons (Fsp3) is 0.267. The fourth-order valence-corrected chi connectivity index (χ4v) is 2.58. The van der Waals surface area contributed by atoms with Crippen LogP contribution in [-0.4, -0.2) is 23.3 Å². The Morgan fingerprint density at radius 3 is 2.52 bits per heavy atom. The minimum Gasteiger partial charge on any atom is -0.461 e. The Morgan fingerprint density at radius 1 is 1.29 bits per heavy atom. The molecule has 5 nitrogen and oxygen atoms in total. The highest BCUT2D eigenvalue weighted by atomic mass is 32.1. The topological polar surface area (TPSA) is 68.3 Å². The number of anilines is 2. The van der Waals surface area contributed by atoms with E-state index in [4.69, 9.17) is 4.74 Å². The van der Waals surface area contributed by atoms with Crippen molar-refractivity contribution in [1.82, 2.24) is 4.98 Å². The van der Waals surface area contributed by atoms with E-state index in [1.165, 1.54) is 6.92 Å². The third kappa shape index (κ3) is 3.66. The number of Topliss-reactive ketones (excluding diaryl/α,β-unsaturated/α-hetero) is 1. The first-order chi connectivity index (χ1) is 10.0. The van der Waals surface area contributed by atoms with E-state index in [0.29, 0.717) is 10.0 Å². The Bertz CT molecular complexity index is 662. The number of carbonyl (C=O) groups is 2. The highest BCUT2D eigenvalue weighted by Gasteiger charge is 2.22. The lowest BCUT2D eigenvalue weighted by Gasteiger charge is -2.02. The van der Waals surface area contributed by atoms with Gasteiger partial charge in [0.15, 0.2) is 16.6 Å². The largest absolute Gasteiger partial charge is 0.461 e. The smallest absolute Gasteiger partial charge is 0.358 e. The average Bonchev–Trinajstić information content (AvgIpc) is 2.86. The van der Waals surface area contributed by atoms with Gasteiger partial charge in [0.05, 0.1) is 6.61 Å². The SMILES string of the molecule is CCOC(=O)c1nc(Nc2ccc(C)cc2)sc1C(C)=O. The van der Waals surface area contributed by atoms with E-state index >= 15 is 0 Å². The van der Waals surface area contributed by atoms with Crippen LogP contribution in [-0.2, 0) is 4.74 Å². The minimum absolute atomic E-state index is 0.0731. The van der Waals surface area contributed by atoms with Gasteiger partial charge in [0.1, 0.15) is 4.88 Å². The second-order valence-electron chi connectivity index (χ2n) is 4.46. The molecule has 1 aromatic heterocycles. The first-order valence-corrected chi connectivity index (χ1v) is 7.35. The van der Waals surface area contributed by atoms with Gasteiger partial charge in [0, 0.05) is 12.6 Å². The number of thiazole rings is 1. The number of benzene rings is 1. The summed E-state index contributed by atoms with van der Waals surface area (Å²) < 4.78 is 4.92. The number of nitrogens with one attached hydrogen (secondary N) is 1. The van der Waals surface area contributed by atoms with Gasteiger partial charge >= 0.3 is 5.97 Å². The average molecular weight is 304 g/mol. The lowest BCUT2D eigenvalue weighted by Crippen LogP contribution is -2.09. The van der Waals surface area contributed by atoms with Gasteiger partial charge in [-0.2, -0.15) is 0 Å². The van der Waals surface area contributed by atoms with Crippen LogP contribution in [0.15, 0.2) is 24.3 Å². The highest BCUT2D eigenvalue weighted by molar-refractivity contribution is 7.17. The number of rotatable bonds is 5. The molecule has 0 saturated heterocycles. The van der Waals surface area contributed by atoms with Gasteiger partial charge < -0.3 is 10.1 Å². The third-order valence-electron chi connectivity index (χ3n) is 2.72. The van der Waals surface area contributed by atoms with Crippen LogP contribution in [0.1, 0.15) is 39.6 Å². The number of carbonyl (C=O) groups excluding carboxylic acids is 2. The van der Waals surface area contributed by atoms with E-state index in [1.807, 2.05) is 31.2 Å². The van der Waals surface area contributed by atoms with Gasteiger partial charge in [-0.1, -0.05) is 29.0 Å². The molecule has 1 heterocycles. The number of nitrogens with zero attached hydrogens (tertiary/aromatic N) is 1. The second kappa shape index (κ2) is 6.49. The zero-order valence-corrected chi connectivity index (χ0v) is 12.9. The number of aryl methyl sites for hydroxylation is 1. The van der Waals surface area contributed by atoms with E-state index in [1.54, 1.807) is 6.92 Å². The predicted molar refractivity (Wildman–Crippen MR) is 82.5 cm³/mol. The number of ketones is 1. The van der Waals surface area contributed by atoms with Crippen molar-refractivity contribution < 1.29 is 14.3 Å². The molecular formula is C15H16N2O3S. The summed E-state index contributed by atoms with van der Waals surface area (Å²) in [6.07, 6.45) is 0. The summed E-state index contributed by atoms with van der Waals surface area (Å²) in [5.41, 5.74) is 2.07. The minimum atomic E-state index is -0.573. The van der Waals surface area contributed by atoms with Crippen molar-refractivity contribution in [3.05, 3.63) is 40.4 Å². The summed E-state index contributed by atoms with van der Waals surface area (Å²) in [6, 6.07) is 7.75. The zero-order chi connectivity index (χ0) is 15.4. The third-order valence-corrected chi connectivity index (χ3v) is 3.79. The molecule has 0 bridgehead atoms. The summed E-state index contributed by atoms with van der Waals surface area (Å²) >= 11 is 1.15. The Labute approximate surface area is 127 Å². The van der Waals surface area contributed by atoms with E-state index < -0.39 is 5.97 Å². The number of hydrogen-bond donors (Lipinski definition) is 1. The van der Waals surface area contributed by atoms with Gasteiger partial charge in [0.25, 0.3) is 0 Å². The van der Waals surface area contributed by atoms with Crippen LogP contribution in [0, 0.1) is 6.92 Å². The fourth-order valence-electron chi connectivity index (χ4n) is 1.71. The van der Waals surface area contributed by atoms with Crippen molar-refractivity contribution in [2.24, 2.45) is 0 Å². The number of hydrogen-bond acceptors (Lipinski definition) is 6.